The molecule has 0 atom stereocenters. The Hall–Kier alpha value is -5.88. The molecule has 0 spiro atoms. The van der Waals surface area contributed by atoms with Crippen molar-refractivity contribution in [3.8, 4) is 51.0 Å². The van der Waals surface area contributed by atoms with Crippen molar-refractivity contribution in [2.24, 2.45) is 0 Å². The van der Waals surface area contributed by atoms with Crippen LogP contribution in [0.1, 0.15) is 0 Å². The second-order valence-corrected chi connectivity index (χ2v) is 27.1. The normalized spacial score (nSPS) is 11.9. The predicted molar refractivity (Wildman–Crippen MR) is 476 cm³/mol. The van der Waals surface area contributed by atoms with Crippen molar-refractivity contribution in [2.45, 2.75) is 0 Å². The molecule has 0 aliphatic heterocycles. The molecular formula is C51H60B30N4O2. The van der Waals surface area contributed by atoms with E-state index in [1.54, 1.807) is 0 Å². The minimum absolute atomic E-state index is 0.654. The zero-order valence-electron chi connectivity index (χ0n) is 58.1. The summed E-state index contributed by atoms with van der Waals surface area (Å²) in [5, 5.41) is 7.06. The van der Waals surface area contributed by atoms with Crippen LogP contribution in [0.4, 0.5) is 0 Å². The lowest BCUT2D eigenvalue weighted by molar-refractivity contribution is 0.674. The summed E-state index contributed by atoms with van der Waals surface area (Å²) in [7, 11) is 68.4. The van der Waals surface area contributed by atoms with E-state index in [1.165, 1.54) is 186 Å². The highest BCUT2D eigenvalue weighted by Gasteiger charge is 2.33. The highest BCUT2D eigenvalue weighted by molar-refractivity contribution is 6.75. The fraction of sp³-hybridized carbons (Fsp3) is 0. The number of rotatable bonds is 5. The third-order valence-corrected chi connectivity index (χ3v) is 23.8. The van der Waals surface area contributed by atoms with E-state index in [1.807, 2.05) is 0 Å². The largest absolute Gasteiger partial charge is 0.457 e. The summed E-state index contributed by atoms with van der Waals surface area (Å²) in [5.41, 5.74) is 50.6. The van der Waals surface area contributed by atoms with Gasteiger partial charge in [0.2, 0.25) is 0 Å². The van der Waals surface area contributed by atoms with E-state index in [9.17, 15) is 0 Å². The summed E-state index contributed by atoms with van der Waals surface area (Å²) in [6.45, 7) is 0. The summed E-state index contributed by atoms with van der Waals surface area (Å²) in [6, 6.07) is 0. The molecule has 0 aliphatic carbocycles. The highest BCUT2D eigenvalue weighted by atomic mass is 16.3. The monoisotopic (exact) mass is 1090 g/mol. The number of hydrogen-bond donors (Lipinski definition) is 0. The summed E-state index contributed by atoms with van der Waals surface area (Å²) in [4.78, 5) is 17.3. The van der Waals surface area contributed by atoms with Crippen molar-refractivity contribution >= 4 is 465 Å². The van der Waals surface area contributed by atoms with Crippen LogP contribution in [0, 0.1) is 0 Å². The number of aromatic nitrogens is 4. The number of benzene rings is 8. The molecule has 0 saturated carbocycles. The second-order valence-electron chi connectivity index (χ2n) is 27.1. The van der Waals surface area contributed by atoms with Crippen molar-refractivity contribution in [1.82, 2.24) is 19.5 Å². The molecule has 12 aromatic rings. The molecule has 0 amide bonds. The predicted octanol–water partition coefficient (Wildman–Crippen LogP) is -38.8. The first kappa shape index (κ1) is 61.4. The first-order valence-electron chi connectivity index (χ1n) is 31.6. The zero-order valence-corrected chi connectivity index (χ0v) is 58.1. The zero-order chi connectivity index (χ0) is 63.6. The molecule has 6 nitrogen and oxygen atoms in total. The van der Waals surface area contributed by atoms with E-state index < -0.39 is 0 Å². The molecule has 0 saturated heterocycles. The Morgan fingerprint density at radius 1 is 0.184 bits per heavy atom. The minimum Gasteiger partial charge on any atom is -0.457 e. The Kier molecular flexibility index (Phi) is 14.7. The SMILES string of the molecule is Bc1c(B)c(B)c(-c2nc(-c3c(B)c(B)c(B)c(-c4c(B)c(B)c(B)c(B)c4B)c3B)nc(-c3c(B)c(B)c(B)c4oc5c(B)c(-n6c7c(B)c(B)c(B)c(B)c7c7c8oc9c(B)c(B)c(B)c(B)c9c8c(B)c(B)c76)c(B)c(B)c5c34)n2)c(B)c1B. The Morgan fingerprint density at radius 3 is 0.954 bits per heavy atom. The molecule has 87 heavy (non-hydrogen) atoms. The molecule has 0 unspecified atom stereocenters. The Bertz CT molecular complexity index is 5250. The number of furan rings is 2. The maximum atomic E-state index is 7.61. The first-order chi connectivity index (χ1) is 40.7. The van der Waals surface area contributed by atoms with Crippen molar-refractivity contribution in [1.29, 1.82) is 0 Å². The van der Waals surface area contributed by atoms with Gasteiger partial charge in [-0.1, -0.05) is 109 Å². The average Bonchev–Trinajstić information content (AvgIpc) is 1.54. The number of nitrogens with zero attached hydrogens (tertiary/aromatic N) is 4. The molecule has 0 aliphatic rings. The van der Waals surface area contributed by atoms with E-state index in [0.29, 0.717) is 17.5 Å². The van der Waals surface area contributed by atoms with Gasteiger partial charge in [-0.15, -0.1) is 49.2 Å². The van der Waals surface area contributed by atoms with Gasteiger partial charge in [-0.05, 0) is 16.6 Å². The van der Waals surface area contributed by atoms with Crippen LogP contribution in [-0.4, -0.2) is 255 Å². The molecule has 0 fully saturated rings. The van der Waals surface area contributed by atoms with Gasteiger partial charge in [-0.3, -0.25) is 0 Å². The molecule has 4 aromatic heterocycles. The molecule has 4 heterocycles. The standard InChI is InChI=1S/C51H60B30N4O2/c52-12-2(3-14(54)25(65)32(72)26(66)15(3)55)13(53)24(64)21(61)10(12)50-82-49(83-51(84-50)11-22(62)29(69)33(73)30(70)23(11)63)8-1-5-18(58)37(77)44(41(81)48(5)87-46(1)39(79)31(71)20(8)60)85-42-4(16(56)27(67)34(74)38(42)78)9-43(85)36(76)19(59)6-7-17(57)28(68)35(75)40(80)47(7)86-45(6)9/h52-81H2. The van der Waals surface area contributed by atoms with Gasteiger partial charge < -0.3 is 13.4 Å². The van der Waals surface area contributed by atoms with E-state index in [-0.39, 0.29) is 0 Å². The van der Waals surface area contributed by atoms with E-state index in [4.69, 9.17) is 23.8 Å². The lowest BCUT2D eigenvalue weighted by atomic mass is 9.56. The van der Waals surface area contributed by atoms with E-state index >= 15 is 0 Å². The van der Waals surface area contributed by atoms with Crippen LogP contribution < -0.4 is 164 Å². The summed E-state index contributed by atoms with van der Waals surface area (Å²) in [6.07, 6.45) is 0. The van der Waals surface area contributed by atoms with Crippen molar-refractivity contribution in [2.75, 3.05) is 0 Å². The molecule has 12 rings (SSSR count). The molecule has 8 aromatic carbocycles. The fourth-order valence-electron chi connectivity index (χ4n) is 16.1. The van der Waals surface area contributed by atoms with Crippen molar-refractivity contribution in [3.63, 3.8) is 0 Å². The van der Waals surface area contributed by atoms with Gasteiger partial charge in [0, 0.05) is 54.8 Å². The highest BCUT2D eigenvalue weighted by Crippen LogP contribution is 2.38. The average molecular weight is 1090 g/mol. The molecular weight excluding hydrogens is 1020 g/mol. The van der Waals surface area contributed by atoms with Gasteiger partial charge in [-0.25, -0.2) is 15.0 Å². The molecule has 36 heteroatoms. The van der Waals surface area contributed by atoms with Gasteiger partial charge in [0.25, 0.3) is 0 Å². The quantitative estimate of drug-likeness (QED) is 0.161. The van der Waals surface area contributed by atoms with Crippen molar-refractivity contribution in [3.05, 3.63) is 0 Å². The van der Waals surface area contributed by atoms with Crippen molar-refractivity contribution < 1.29 is 8.83 Å². The summed E-state index contributed by atoms with van der Waals surface area (Å²) >= 11 is 0. The van der Waals surface area contributed by atoms with Crippen LogP contribution in [0.3, 0.4) is 0 Å². The smallest absolute Gasteiger partial charge is 0.164 e. The third-order valence-electron chi connectivity index (χ3n) is 23.8. The second kappa shape index (κ2) is 20.8. The summed E-state index contributed by atoms with van der Waals surface area (Å²) < 4.78 is 17.6. The van der Waals surface area contributed by atoms with Gasteiger partial charge in [0.05, 0.1) is 10.9 Å². The van der Waals surface area contributed by atoms with Gasteiger partial charge in [0.15, 0.2) is 17.5 Å². The minimum atomic E-state index is 0.654. The molecule has 0 radical (unpaired) electrons. The van der Waals surface area contributed by atoms with E-state index in [0.717, 1.165) is 77.3 Å². The van der Waals surface area contributed by atoms with Gasteiger partial charge in [0.1, 0.15) is 258 Å². The lowest BCUT2D eigenvalue weighted by Crippen LogP contribution is -2.57. The third kappa shape index (κ3) is 8.07. The molecule has 386 valence electrons. The fourth-order valence-corrected chi connectivity index (χ4v) is 16.1. The number of hydrogen-bond acceptors (Lipinski definition) is 5. The van der Waals surface area contributed by atoms with Crippen LogP contribution >= 0.6 is 0 Å². The maximum Gasteiger partial charge on any atom is 0.164 e. The molecule has 0 N–H and O–H groups in total. The van der Waals surface area contributed by atoms with Crippen LogP contribution in [0.2, 0.25) is 0 Å². The Balaban J connectivity index is 1.23. The summed E-state index contributed by atoms with van der Waals surface area (Å²) in [5.74, 6) is 2.03. The van der Waals surface area contributed by atoms with E-state index in [2.05, 4.69) is 240 Å². The maximum absolute atomic E-state index is 7.61. The van der Waals surface area contributed by atoms with Crippen LogP contribution in [0.5, 0.6) is 0 Å². The first-order valence-corrected chi connectivity index (χ1v) is 31.6. The van der Waals surface area contributed by atoms with Gasteiger partial charge in [-0.2, -0.15) is 0 Å². The number of fused-ring (bicyclic) bond motifs is 10. The Morgan fingerprint density at radius 2 is 0.448 bits per heavy atom. The topological polar surface area (TPSA) is 69.9 Å². The van der Waals surface area contributed by atoms with Crippen LogP contribution in [0.25, 0.3) is 117 Å². The van der Waals surface area contributed by atoms with Crippen LogP contribution in [0.15, 0.2) is 8.83 Å². The van der Waals surface area contributed by atoms with Gasteiger partial charge >= 0.3 is 0 Å². The molecule has 0 bridgehead atoms. The van der Waals surface area contributed by atoms with Crippen LogP contribution in [-0.2, 0) is 0 Å². The lowest BCUT2D eigenvalue weighted by Gasteiger charge is -2.27. The Labute approximate surface area is 540 Å².